The topological polar surface area (TPSA) is 120 Å². The fourth-order valence-corrected chi connectivity index (χ4v) is 10.2. The molecule has 1 aliphatic carbocycles. The van der Waals surface area contributed by atoms with Crippen molar-refractivity contribution in [3.05, 3.63) is 114 Å². The van der Waals surface area contributed by atoms with Gasteiger partial charge in [-0.3, -0.25) is 14.4 Å². The normalized spacial score (nSPS) is 17.0. The van der Waals surface area contributed by atoms with Gasteiger partial charge in [-0.25, -0.2) is 0 Å². The van der Waals surface area contributed by atoms with Gasteiger partial charge in [-0.15, -0.1) is 0 Å². The standard InChI is InChI=1S/C21H32N2O.C19H25N3O.C19H30N2O3/c24-21(22-14-7-17-23-15-5-2-6-16-23)20-12-10-19(11-13-20)18-8-3-1-4-9-18;23-19(20-11-6-14-21-12-2-1-3-13-21)17-7-9-18(10-8-17)22-15-4-5-16-22;1-15(2)24-18-14-16(8-9-17(18)23-3)19(22)20-10-7-13-21-11-5-4-6-12-21/h10-13,18H,1-9,14-17H2,(H,22,24);4-5,7-10,15-16H,1-3,6,11-14H2,(H,20,23);8-9,14-15H,4-7,10-13H2,1-3H3,(H,20,22). The SMILES string of the molecule is COc1ccc(C(=O)NCCCN2CCCCC2)cc1OC(C)C.O=C(NCCCN1CCCCC1)c1ccc(-n2cccc2)cc1.O=C(NCCCN1CCCCC1)c1ccc(C2CCCCC2)cc1. The van der Waals surface area contributed by atoms with Crippen LogP contribution in [0.2, 0.25) is 0 Å². The average Bonchev–Trinajstić information content (AvgIpc) is 3.97. The van der Waals surface area contributed by atoms with Crippen LogP contribution in [0.1, 0.15) is 166 Å². The number of carbonyl (C=O) groups is 3. The molecule has 3 N–H and O–H groups in total. The molecule has 1 aromatic heterocycles. The van der Waals surface area contributed by atoms with Gasteiger partial charge in [0.25, 0.3) is 17.7 Å². The van der Waals surface area contributed by atoms with Gasteiger partial charge < -0.3 is 44.7 Å². The Morgan fingerprint density at radius 3 is 1.37 bits per heavy atom. The maximum atomic E-state index is 12.3. The number of likely N-dealkylation sites (tertiary alicyclic amines) is 3. The first-order valence-electron chi connectivity index (χ1n) is 27.5. The van der Waals surface area contributed by atoms with Crippen LogP contribution < -0.4 is 25.4 Å². The second kappa shape index (κ2) is 31.3. The zero-order valence-corrected chi connectivity index (χ0v) is 43.7. The molecule has 0 atom stereocenters. The van der Waals surface area contributed by atoms with Crippen molar-refractivity contribution >= 4 is 17.7 Å². The van der Waals surface area contributed by atoms with E-state index < -0.39 is 0 Å². The van der Waals surface area contributed by atoms with E-state index in [9.17, 15) is 14.4 Å². The second-order valence-corrected chi connectivity index (χ2v) is 20.2. The molecule has 4 aliphatic rings. The van der Waals surface area contributed by atoms with Crippen molar-refractivity contribution in [3.63, 3.8) is 0 Å². The number of piperidine rings is 3. The van der Waals surface area contributed by atoms with Crippen LogP contribution in [0.15, 0.2) is 91.3 Å². The Kier molecular flexibility index (Phi) is 24.3. The minimum atomic E-state index is -0.0649. The lowest BCUT2D eigenvalue weighted by molar-refractivity contribution is 0.0942. The van der Waals surface area contributed by atoms with Gasteiger partial charge >= 0.3 is 0 Å². The van der Waals surface area contributed by atoms with Crippen LogP contribution in [0, 0.1) is 0 Å². The maximum Gasteiger partial charge on any atom is 0.251 e. The molecule has 0 bridgehead atoms. The van der Waals surface area contributed by atoms with Gasteiger partial charge in [-0.05, 0) is 222 Å². The van der Waals surface area contributed by atoms with E-state index in [0.29, 0.717) is 29.5 Å². The number of benzene rings is 3. The van der Waals surface area contributed by atoms with Crippen LogP contribution >= 0.6 is 0 Å². The number of hydrogen-bond acceptors (Lipinski definition) is 8. The molecule has 3 saturated heterocycles. The van der Waals surface area contributed by atoms with Gasteiger partial charge in [0.2, 0.25) is 0 Å². The van der Waals surface area contributed by atoms with Gasteiger partial charge in [0.15, 0.2) is 11.5 Å². The van der Waals surface area contributed by atoms with Crippen molar-refractivity contribution in [2.45, 2.75) is 135 Å². The van der Waals surface area contributed by atoms with Crippen molar-refractivity contribution in [3.8, 4) is 17.2 Å². The fraction of sp³-hybridized carbons (Fsp3) is 0.576. The van der Waals surface area contributed by atoms with E-state index in [1.807, 2.05) is 79.3 Å². The number of methoxy groups -OCH3 is 1. The van der Waals surface area contributed by atoms with E-state index in [-0.39, 0.29) is 23.8 Å². The minimum absolute atomic E-state index is 0.0164. The summed E-state index contributed by atoms with van der Waals surface area (Å²) in [6.45, 7) is 16.7. The summed E-state index contributed by atoms with van der Waals surface area (Å²) in [6, 6.07) is 25.3. The Hall–Kier alpha value is -5.17. The Bertz CT molecular complexity index is 2100. The maximum absolute atomic E-state index is 12.3. The number of nitrogens with one attached hydrogen (secondary N) is 3. The van der Waals surface area contributed by atoms with Gasteiger partial charge in [0.05, 0.1) is 13.2 Å². The molecule has 12 heteroatoms. The highest BCUT2D eigenvalue weighted by atomic mass is 16.5. The summed E-state index contributed by atoms with van der Waals surface area (Å²) in [7, 11) is 1.60. The van der Waals surface area contributed by atoms with Crippen LogP contribution in [0.3, 0.4) is 0 Å². The number of amides is 3. The van der Waals surface area contributed by atoms with Crippen LogP contribution in [-0.4, -0.2) is 129 Å². The third kappa shape index (κ3) is 19.8. The zero-order valence-electron chi connectivity index (χ0n) is 43.7. The van der Waals surface area contributed by atoms with Crippen molar-refractivity contribution in [2.24, 2.45) is 0 Å². The first-order valence-corrected chi connectivity index (χ1v) is 27.5. The summed E-state index contributed by atoms with van der Waals surface area (Å²) in [5, 5.41) is 9.09. The number of nitrogens with zero attached hydrogens (tertiary/aromatic N) is 4. The molecule has 0 radical (unpaired) electrons. The highest BCUT2D eigenvalue weighted by Crippen LogP contribution is 2.33. The lowest BCUT2D eigenvalue weighted by atomic mass is 9.84. The summed E-state index contributed by atoms with van der Waals surface area (Å²) in [5.74, 6) is 1.98. The molecule has 4 aromatic rings. The van der Waals surface area contributed by atoms with E-state index >= 15 is 0 Å². The summed E-state index contributed by atoms with van der Waals surface area (Å²) in [5.41, 5.74) is 4.60. The molecule has 1 saturated carbocycles. The Morgan fingerprint density at radius 1 is 0.521 bits per heavy atom. The summed E-state index contributed by atoms with van der Waals surface area (Å²) < 4.78 is 13.0. The third-order valence-electron chi connectivity index (χ3n) is 14.2. The average molecular weight is 974 g/mol. The van der Waals surface area contributed by atoms with E-state index in [0.717, 1.165) is 68.8 Å². The largest absolute Gasteiger partial charge is 0.493 e. The Balaban J connectivity index is 0.000000174. The molecule has 4 heterocycles. The lowest BCUT2D eigenvalue weighted by Gasteiger charge is -2.26. The molecule has 0 unspecified atom stereocenters. The summed E-state index contributed by atoms with van der Waals surface area (Å²) >= 11 is 0. The number of hydrogen-bond donors (Lipinski definition) is 3. The summed E-state index contributed by atoms with van der Waals surface area (Å²) in [6.07, 6.45) is 25.8. The highest BCUT2D eigenvalue weighted by molar-refractivity contribution is 5.95. The smallest absolute Gasteiger partial charge is 0.251 e. The highest BCUT2D eigenvalue weighted by Gasteiger charge is 2.17. The van der Waals surface area contributed by atoms with Crippen LogP contribution in [0.25, 0.3) is 5.69 Å². The van der Waals surface area contributed by atoms with Gasteiger partial charge in [0.1, 0.15) is 0 Å². The molecule has 8 rings (SSSR count). The fourth-order valence-electron chi connectivity index (χ4n) is 10.2. The predicted octanol–water partition coefficient (Wildman–Crippen LogP) is 10.5. The van der Waals surface area contributed by atoms with Crippen LogP contribution in [-0.2, 0) is 0 Å². The zero-order chi connectivity index (χ0) is 49.9. The molecule has 3 aromatic carbocycles. The van der Waals surface area contributed by atoms with Gasteiger partial charge in [-0.1, -0.05) is 50.7 Å². The lowest BCUT2D eigenvalue weighted by Crippen LogP contribution is -2.33. The Labute approximate surface area is 426 Å². The molecule has 0 spiro atoms. The third-order valence-corrected chi connectivity index (χ3v) is 14.2. The minimum Gasteiger partial charge on any atom is -0.493 e. The molecule has 4 fully saturated rings. The van der Waals surface area contributed by atoms with Gasteiger partial charge in [-0.2, -0.15) is 0 Å². The van der Waals surface area contributed by atoms with Crippen LogP contribution in [0.5, 0.6) is 11.5 Å². The van der Waals surface area contributed by atoms with E-state index in [4.69, 9.17) is 9.47 Å². The molecular weight excluding hydrogens is 887 g/mol. The second-order valence-electron chi connectivity index (χ2n) is 20.2. The van der Waals surface area contributed by atoms with Crippen molar-refractivity contribution in [1.29, 1.82) is 0 Å². The van der Waals surface area contributed by atoms with E-state index in [1.54, 1.807) is 25.3 Å². The van der Waals surface area contributed by atoms with E-state index in [2.05, 4.69) is 42.8 Å². The van der Waals surface area contributed by atoms with Gasteiger partial charge in [0, 0.05) is 54.4 Å². The van der Waals surface area contributed by atoms with Crippen molar-refractivity contribution in [1.82, 2.24) is 35.2 Å². The summed E-state index contributed by atoms with van der Waals surface area (Å²) in [4.78, 5) is 44.2. The van der Waals surface area contributed by atoms with Crippen LogP contribution in [0.4, 0.5) is 0 Å². The monoisotopic (exact) mass is 974 g/mol. The van der Waals surface area contributed by atoms with Crippen molar-refractivity contribution < 1.29 is 23.9 Å². The molecular formula is C59H87N7O5. The molecule has 3 aliphatic heterocycles. The molecule has 12 nitrogen and oxygen atoms in total. The first kappa shape index (κ1) is 55.1. The number of carbonyl (C=O) groups excluding carboxylic acids is 3. The quantitative estimate of drug-likeness (QED) is 0.0749. The molecule has 3 amide bonds. The first-order chi connectivity index (χ1) is 34.7. The predicted molar refractivity (Wildman–Crippen MR) is 289 cm³/mol. The number of aromatic nitrogens is 1. The Morgan fingerprint density at radius 2 is 0.930 bits per heavy atom. The molecule has 388 valence electrons. The van der Waals surface area contributed by atoms with Crippen molar-refractivity contribution in [2.75, 3.05) is 85.6 Å². The van der Waals surface area contributed by atoms with E-state index in [1.165, 1.54) is 135 Å². The number of rotatable bonds is 20. The molecule has 71 heavy (non-hydrogen) atoms. The number of ether oxygens (including phenoxy) is 2.